The van der Waals surface area contributed by atoms with Crippen LogP contribution in [0.15, 0.2) is 47.4 Å². The van der Waals surface area contributed by atoms with Crippen molar-refractivity contribution in [2.75, 3.05) is 0 Å². The Bertz CT molecular complexity index is 979. The summed E-state index contributed by atoms with van der Waals surface area (Å²) >= 11 is 0. The Morgan fingerprint density at radius 3 is 2.57 bits per heavy atom. The van der Waals surface area contributed by atoms with E-state index in [0.29, 0.717) is 11.3 Å². The summed E-state index contributed by atoms with van der Waals surface area (Å²) in [6, 6.07) is 10.7. The smallest absolute Gasteiger partial charge is 0.262 e. The third-order valence-corrected chi connectivity index (χ3v) is 3.96. The van der Waals surface area contributed by atoms with Crippen molar-refractivity contribution in [1.82, 2.24) is 9.55 Å². The maximum atomic E-state index is 12.6. The van der Waals surface area contributed by atoms with E-state index < -0.39 is 5.56 Å². The zero-order valence-electron chi connectivity index (χ0n) is 12.9. The fourth-order valence-corrected chi connectivity index (χ4v) is 2.67. The zero-order valence-corrected chi connectivity index (χ0v) is 12.9. The summed E-state index contributed by atoms with van der Waals surface area (Å²) in [7, 11) is 0. The van der Waals surface area contributed by atoms with Gasteiger partial charge in [-0.15, -0.1) is 0 Å². The molecule has 0 aliphatic rings. The van der Waals surface area contributed by atoms with Crippen LogP contribution in [0, 0.1) is 6.92 Å². The third kappa shape index (κ3) is 2.61. The lowest BCUT2D eigenvalue weighted by atomic mass is 10.1. The maximum absolute atomic E-state index is 12.6. The molecule has 116 valence electrons. The molecule has 0 saturated carbocycles. The summed E-state index contributed by atoms with van der Waals surface area (Å²) in [5.41, 5.74) is 1.73. The zero-order chi connectivity index (χ0) is 16.6. The number of Topliss-reactive ketones (excluding diaryl/α,β-unsaturated/α-hetero) is 2. The van der Waals surface area contributed by atoms with Gasteiger partial charge in [0.1, 0.15) is 0 Å². The van der Waals surface area contributed by atoms with Gasteiger partial charge in [0, 0.05) is 28.4 Å². The normalized spacial score (nSPS) is 10.9. The molecule has 0 saturated heterocycles. The number of aromatic amines is 1. The first-order chi connectivity index (χ1) is 11.0. The molecule has 23 heavy (non-hydrogen) atoms. The largest absolute Gasteiger partial charge is 0.360 e. The van der Waals surface area contributed by atoms with Crippen molar-refractivity contribution < 1.29 is 9.59 Å². The SMILES string of the molecule is CC(=O)c1ccc(C)n(CC(=O)c2c[nH]c3ccccc23)c1=O. The van der Waals surface area contributed by atoms with Gasteiger partial charge in [-0.1, -0.05) is 18.2 Å². The van der Waals surface area contributed by atoms with Crippen molar-refractivity contribution in [1.29, 1.82) is 0 Å². The number of pyridine rings is 1. The molecule has 1 aromatic carbocycles. The Morgan fingerprint density at radius 1 is 1.09 bits per heavy atom. The molecule has 3 aromatic rings. The Balaban J connectivity index is 2.02. The molecule has 0 bridgehead atoms. The number of para-hydroxylation sites is 1. The first kappa shape index (κ1) is 15.0. The van der Waals surface area contributed by atoms with Gasteiger partial charge in [0.15, 0.2) is 11.6 Å². The molecule has 1 N–H and O–H groups in total. The van der Waals surface area contributed by atoms with Gasteiger partial charge < -0.3 is 9.55 Å². The van der Waals surface area contributed by atoms with Crippen molar-refractivity contribution in [2.24, 2.45) is 0 Å². The molecular weight excluding hydrogens is 292 g/mol. The molecule has 5 heteroatoms. The first-order valence-electron chi connectivity index (χ1n) is 7.29. The average molecular weight is 308 g/mol. The molecule has 0 fully saturated rings. The molecule has 0 amide bonds. The second kappa shape index (κ2) is 5.68. The number of hydrogen-bond donors (Lipinski definition) is 1. The van der Waals surface area contributed by atoms with E-state index in [-0.39, 0.29) is 23.7 Å². The number of fused-ring (bicyclic) bond motifs is 1. The van der Waals surface area contributed by atoms with Crippen LogP contribution < -0.4 is 5.56 Å². The Labute approximate surface area is 132 Å². The topological polar surface area (TPSA) is 71.9 Å². The third-order valence-electron chi connectivity index (χ3n) is 3.96. The maximum Gasteiger partial charge on any atom is 0.262 e. The van der Waals surface area contributed by atoms with E-state index in [0.717, 1.165) is 10.9 Å². The number of aryl methyl sites for hydroxylation is 1. The van der Waals surface area contributed by atoms with Crippen LogP contribution in [0.25, 0.3) is 10.9 Å². The van der Waals surface area contributed by atoms with Gasteiger partial charge in [-0.05, 0) is 32.0 Å². The first-order valence-corrected chi connectivity index (χ1v) is 7.29. The van der Waals surface area contributed by atoms with E-state index >= 15 is 0 Å². The summed E-state index contributed by atoms with van der Waals surface area (Å²) in [4.78, 5) is 39.6. The van der Waals surface area contributed by atoms with Crippen LogP contribution in [0.5, 0.6) is 0 Å². The summed E-state index contributed by atoms with van der Waals surface area (Å²) in [5.74, 6) is -0.475. The van der Waals surface area contributed by atoms with E-state index in [1.54, 1.807) is 19.2 Å². The quantitative estimate of drug-likeness (QED) is 0.753. The van der Waals surface area contributed by atoms with Crippen LogP contribution in [0.1, 0.15) is 33.3 Å². The Morgan fingerprint density at radius 2 is 1.83 bits per heavy atom. The van der Waals surface area contributed by atoms with Crippen molar-refractivity contribution in [2.45, 2.75) is 20.4 Å². The lowest BCUT2D eigenvalue weighted by Crippen LogP contribution is -2.29. The predicted octanol–water partition coefficient (Wildman–Crippen LogP) is 2.72. The van der Waals surface area contributed by atoms with Crippen molar-refractivity contribution in [3.8, 4) is 0 Å². The molecule has 0 spiro atoms. The predicted molar refractivity (Wildman–Crippen MR) is 88.1 cm³/mol. The number of benzene rings is 1. The van der Waals surface area contributed by atoms with Crippen LogP contribution in [0.4, 0.5) is 0 Å². The molecule has 0 radical (unpaired) electrons. The van der Waals surface area contributed by atoms with Crippen LogP contribution >= 0.6 is 0 Å². The highest BCUT2D eigenvalue weighted by Gasteiger charge is 2.16. The van der Waals surface area contributed by atoms with E-state index in [9.17, 15) is 14.4 Å². The molecule has 0 unspecified atom stereocenters. The molecule has 2 heterocycles. The van der Waals surface area contributed by atoms with Crippen LogP contribution in [-0.4, -0.2) is 21.1 Å². The number of rotatable bonds is 4. The van der Waals surface area contributed by atoms with E-state index in [1.165, 1.54) is 17.6 Å². The molecule has 2 aromatic heterocycles. The average Bonchev–Trinajstić information content (AvgIpc) is 2.95. The van der Waals surface area contributed by atoms with Crippen LogP contribution in [0.3, 0.4) is 0 Å². The lowest BCUT2D eigenvalue weighted by Gasteiger charge is -2.10. The monoisotopic (exact) mass is 308 g/mol. The highest BCUT2D eigenvalue weighted by molar-refractivity contribution is 6.07. The Hall–Kier alpha value is -2.95. The lowest BCUT2D eigenvalue weighted by molar-refractivity contribution is 0.0965. The molecule has 0 aliphatic carbocycles. The second-order valence-electron chi connectivity index (χ2n) is 5.51. The Kier molecular flexibility index (Phi) is 3.70. The highest BCUT2D eigenvalue weighted by Crippen LogP contribution is 2.18. The number of carbonyl (C=O) groups is 2. The molecule has 0 atom stereocenters. The second-order valence-corrected chi connectivity index (χ2v) is 5.51. The van der Waals surface area contributed by atoms with E-state index in [1.807, 2.05) is 24.3 Å². The van der Waals surface area contributed by atoms with E-state index in [4.69, 9.17) is 0 Å². The summed E-state index contributed by atoms with van der Waals surface area (Å²) in [5, 5.41) is 0.825. The standard InChI is InChI=1S/C18H16N2O3/c1-11-7-8-13(12(2)21)18(23)20(11)10-17(22)15-9-19-16-6-4-3-5-14(15)16/h3-9,19H,10H2,1-2H3. The highest BCUT2D eigenvalue weighted by atomic mass is 16.2. The van der Waals surface area contributed by atoms with Gasteiger partial charge >= 0.3 is 0 Å². The summed E-state index contributed by atoms with van der Waals surface area (Å²) < 4.78 is 1.35. The van der Waals surface area contributed by atoms with Gasteiger partial charge in [0.25, 0.3) is 5.56 Å². The summed E-state index contributed by atoms with van der Waals surface area (Å²) in [6.07, 6.45) is 1.65. The molecule has 5 nitrogen and oxygen atoms in total. The van der Waals surface area contributed by atoms with Gasteiger partial charge in [-0.25, -0.2) is 0 Å². The summed E-state index contributed by atoms with van der Waals surface area (Å²) in [6.45, 7) is 3.00. The minimum absolute atomic E-state index is 0.0896. The number of H-pyrrole nitrogens is 1. The molecule has 3 rings (SSSR count). The van der Waals surface area contributed by atoms with Gasteiger partial charge in [-0.3, -0.25) is 14.4 Å². The molecular formula is C18H16N2O3. The number of hydrogen-bond acceptors (Lipinski definition) is 3. The van der Waals surface area contributed by atoms with Crippen molar-refractivity contribution in [3.05, 3.63) is 69.8 Å². The van der Waals surface area contributed by atoms with Crippen molar-refractivity contribution >= 4 is 22.5 Å². The van der Waals surface area contributed by atoms with Gasteiger partial charge in [-0.2, -0.15) is 0 Å². The number of carbonyl (C=O) groups excluding carboxylic acids is 2. The van der Waals surface area contributed by atoms with Gasteiger partial charge in [0.05, 0.1) is 12.1 Å². The van der Waals surface area contributed by atoms with Crippen LogP contribution in [-0.2, 0) is 6.54 Å². The number of aromatic nitrogens is 2. The fraction of sp³-hybridized carbons (Fsp3) is 0.167. The number of nitrogens with one attached hydrogen (secondary N) is 1. The van der Waals surface area contributed by atoms with Gasteiger partial charge in [0.2, 0.25) is 0 Å². The fourth-order valence-electron chi connectivity index (χ4n) is 2.67. The number of ketones is 2. The minimum atomic E-state index is -0.425. The van der Waals surface area contributed by atoms with Crippen molar-refractivity contribution in [3.63, 3.8) is 0 Å². The van der Waals surface area contributed by atoms with E-state index in [2.05, 4.69) is 4.98 Å². The number of nitrogens with zero attached hydrogens (tertiary/aromatic N) is 1. The van der Waals surface area contributed by atoms with Crippen LogP contribution in [0.2, 0.25) is 0 Å². The molecule has 0 aliphatic heterocycles. The minimum Gasteiger partial charge on any atom is -0.360 e.